The average molecular weight is 398 g/mol. The topological polar surface area (TPSA) is 61.8 Å². The summed E-state index contributed by atoms with van der Waals surface area (Å²) in [5.41, 5.74) is 1.29. The van der Waals surface area contributed by atoms with E-state index >= 15 is 0 Å². The van der Waals surface area contributed by atoms with E-state index in [0.29, 0.717) is 6.61 Å². The van der Waals surface area contributed by atoms with Crippen LogP contribution in [0.15, 0.2) is 48.5 Å². The van der Waals surface area contributed by atoms with E-state index in [9.17, 15) is 9.59 Å². The van der Waals surface area contributed by atoms with Crippen LogP contribution in [0.4, 0.5) is 0 Å². The van der Waals surface area contributed by atoms with Gasteiger partial charge in [0.25, 0.3) is 0 Å². The Kier molecular flexibility index (Phi) is 9.76. The van der Waals surface area contributed by atoms with Crippen LogP contribution in [0, 0.1) is 0 Å². The third kappa shape index (κ3) is 7.60. The highest BCUT2D eigenvalue weighted by Gasteiger charge is 2.19. The number of unbranched alkanes of at least 4 members (excludes halogenated alkanes) is 5. The van der Waals surface area contributed by atoms with Crippen LogP contribution in [0.3, 0.4) is 0 Å². The van der Waals surface area contributed by atoms with Crippen LogP contribution >= 0.6 is 0 Å². The molecule has 2 aromatic rings. The molecule has 0 aliphatic carbocycles. The Balaban J connectivity index is 1.86. The number of carbonyl (C=O) groups is 2. The first-order valence-corrected chi connectivity index (χ1v) is 10.2. The zero-order valence-electron chi connectivity index (χ0n) is 17.3. The van der Waals surface area contributed by atoms with Crippen LogP contribution in [0.5, 0.6) is 5.75 Å². The summed E-state index contributed by atoms with van der Waals surface area (Å²) in [5.74, 6) is -0.304. The molecule has 0 N–H and O–H groups in total. The molecule has 0 saturated carbocycles. The molecular formula is C24H30O5. The van der Waals surface area contributed by atoms with E-state index in [0.717, 1.165) is 30.6 Å². The quantitative estimate of drug-likeness (QED) is 0.345. The summed E-state index contributed by atoms with van der Waals surface area (Å²) in [7, 11) is 1.59. The van der Waals surface area contributed by atoms with E-state index in [1.54, 1.807) is 43.5 Å². The van der Waals surface area contributed by atoms with Crippen molar-refractivity contribution in [1.82, 2.24) is 0 Å². The van der Waals surface area contributed by atoms with Gasteiger partial charge in [-0.3, -0.25) is 0 Å². The maximum Gasteiger partial charge on any atom is 0.339 e. The normalized spacial score (nSPS) is 10.4. The Hall–Kier alpha value is -2.82. The molecule has 0 heterocycles. The average Bonchev–Trinajstić information content (AvgIpc) is 2.77. The summed E-state index contributed by atoms with van der Waals surface area (Å²) in [6, 6.07) is 13.8. The second kappa shape index (κ2) is 12.6. The second-order valence-electron chi connectivity index (χ2n) is 6.87. The van der Waals surface area contributed by atoms with Gasteiger partial charge in [0.05, 0.1) is 24.8 Å². The fraction of sp³-hybridized carbons (Fsp3) is 0.417. The monoisotopic (exact) mass is 398 g/mol. The summed E-state index contributed by atoms with van der Waals surface area (Å²) in [4.78, 5) is 24.9. The van der Waals surface area contributed by atoms with Crippen LogP contribution in [0.1, 0.15) is 71.7 Å². The third-order valence-electron chi connectivity index (χ3n) is 4.63. The largest absolute Gasteiger partial charge is 0.497 e. The fourth-order valence-corrected chi connectivity index (χ4v) is 2.91. The molecule has 0 atom stereocenters. The van der Waals surface area contributed by atoms with Crippen molar-refractivity contribution in [3.8, 4) is 5.75 Å². The van der Waals surface area contributed by atoms with Crippen LogP contribution in [0.2, 0.25) is 0 Å². The molecule has 0 aliphatic heterocycles. The Morgan fingerprint density at radius 3 is 1.97 bits per heavy atom. The van der Waals surface area contributed by atoms with E-state index < -0.39 is 11.9 Å². The third-order valence-corrected chi connectivity index (χ3v) is 4.63. The summed E-state index contributed by atoms with van der Waals surface area (Å²) < 4.78 is 15.8. The molecule has 0 saturated heterocycles. The molecular weight excluding hydrogens is 368 g/mol. The summed E-state index contributed by atoms with van der Waals surface area (Å²) >= 11 is 0. The molecule has 0 radical (unpaired) electrons. The smallest absolute Gasteiger partial charge is 0.339 e. The lowest BCUT2D eigenvalue weighted by atomic mass is 10.1. The van der Waals surface area contributed by atoms with Crippen LogP contribution < -0.4 is 4.74 Å². The summed E-state index contributed by atoms with van der Waals surface area (Å²) in [5, 5.41) is 0. The lowest BCUT2D eigenvalue weighted by Gasteiger charge is -2.10. The van der Waals surface area contributed by atoms with Crippen LogP contribution in [0.25, 0.3) is 0 Å². The first kappa shape index (κ1) is 22.5. The minimum atomic E-state index is -0.548. The van der Waals surface area contributed by atoms with Gasteiger partial charge < -0.3 is 14.2 Å². The summed E-state index contributed by atoms with van der Waals surface area (Å²) in [6.07, 6.45) is 6.69. The van der Waals surface area contributed by atoms with Crippen molar-refractivity contribution in [1.29, 1.82) is 0 Å². The van der Waals surface area contributed by atoms with Gasteiger partial charge in [-0.2, -0.15) is 0 Å². The number of rotatable bonds is 12. The van der Waals surface area contributed by atoms with Crippen molar-refractivity contribution in [3.05, 3.63) is 65.2 Å². The molecule has 0 spiro atoms. The van der Waals surface area contributed by atoms with Gasteiger partial charge in [0.1, 0.15) is 12.4 Å². The van der Waals surface area contributed by atoms with Crippen molar-refractivity contribution < 1.29 is 23.8 Å². The predicted octanol–water partition coefficient (Wildman–Crippen LogP) is 5.57. The lowest BCUT2D eigenvalue weighted by molar-refractivity contribution is 0.0436. The number of hydrogen-bond donors (Lipinski definition) is 0. The van der Waals surface area contributed by atoms with Gasteiger partial charge in [0.15, 0.2) is 0 Å². The van der Waals surface area contributed by atoms with Crippen molar-refractivity contribution in [2.24, 2.45) is 0 Å². The highest BCUT2D eigenvalue weighted by molar-refractivity contribution is 6.03. The van der Waals surface area contributed by atoms with Gasteiger partial charge in [-0.1, -0.05) is 63.3 Å². The lowest BCUT2D eigenvalue weighted by Crippen LogP contribution is -2.14. The van der Waals surface area contributed by atoms with E-state index in [2.05, 4.69) is 6.92 Å². The molecule has 2 rings (SSSR count). The Bertz CT molecular complexity index is 767. The molecule has 156 valence electrons. The van der Waals surface area contributed by atoms with Gasteiger partial charge in [0, 0.05) is 0 Å². The Labute approximate surface area is 173 Å². The molecule has 5 heteroatoms. The van der Waals surface area contributed by atoms with Crippen LogP contribution in [-0.4, -0.2) is 25.7 Å². The van der Waals surface area contributed by atoms with Crippen molar-refractivity contribution in [3.63, 3.8) is 0 Å². The maximum absolute atomic E-state index is 12.5. The van der Waals surface area contributed by atoms with Gasteiger partial charge in [-0.05, 0) is 36.2 Å². The highest BCUT2D eigenvalue weighted by Crippen LogP contribution is 2.16. The minimum Gasteiger partial charge on any atom is -0.497 e. The Morgan fingerprint density at radius 1 is 0.759 bits per heavy atom. The maximum atomic E-state index is 12.5. The molecule has 0 unspecified atom stereocenters. The molecule has 29 heavy (non-hydrogen) atoms. The first-order valence-electron chi connectivity index (χ1n) is 10.2. The molecule has 5 nitrogen and oxygen atoms in total. The molecule has 0 fully saturated rings. The fourth-order valence-electron chi connectivity index (χ4n) is 2.91. The predicted molar refractivity (Wildman–Crippen MR) is 112 cm³/mol. The van der Waals surface area contributed by atoms with E-state index in [-0.39, 0.29) is 17.7 Å². The SMILES string of the molecule is CCCCCCCCOC(=O)c1ccccc1C(=O)OCc1ccc(OC)cc1. The van der Waals surface area contributed by atoms with E-state index in [4.69, 9.17) is 14.2 Å². The number of carbonyl (C=O) groups excluding carboxylic acids is 2. The number of hydrogen-bond acceptors (Lipinski definition) is 5. The number of ether oxygens (including phenoxy) is 3. The molecule has 0 amide bonds. The molecule has 0 aromatic heterocycles. The van der Waals surface area contributed by atoms with Gasteiger partial charge in [-0.25, -0.2) is 9.59 Å². The Morgan fingerprint density at radius 2 is 1.34 bits per heavy atom. The first-order chi connectivity index (χ1) is 14.2. The summed E-state index contributed by atoms with van der Waals surface area (Å²) in [6.45, 7) is 2.66. The van der Waals surface area contributed by atoms with Crippen molar-refractivity contribution in [2.75, 3.05) is 13.7 Å². The van der Waals surface area contributed by atoms with Gasteiger partial charge in [0.2, 0.25) is 0 Å². The van der Waals surface area contributed by atoms with Gasteiger partial charge in [-0.15, -0.1) is 0 Å². The van der Waals surface area contributed by atoms with Crippen molar-refractivity contribution >= 4 is 11.9 Å². The number of benzene rings is 2. The zero-order valence-corrected chi connectivity index (χ0v) is 17.3. The number of esters is 2. The molecule has 0 bridgehead atoms. The van der Waals surface area contributed by atoms with Crippen LogP contribution in [-0.2, 0) is 16.1 Å². The molecule has 2 aromatic carbocycles. The highest BCUT2D eigenvalue weighted by atomic mass is 16.5. The standard InChI is InChI=1S/C24H30O5/c1-3-4-5-6-7-10-17-28-23(25)21-11-8-9-12-22(21)24(26)29-18-19-13-15-20(27-2)16-14-19/h8-9,11-16H,3-7,10,17-18H2,1-2H3. The second-order valence-corrected chi connectivity index (χ2v) is 6.87. The van der Waals surface area contributed by atoms with Crippen molar-refractivity contribution in [2.45, 2.75) is 52.1 Å². The zero-order chi connectivity index (χ0) is 20.9. The van der Waals surface area contributed by atoms with Gasteiger partial charge >= 0.3 is 11.9 Å². The van der Waals surface area contributed by atoms with E-state index in [1.807, 2.05) is 12.1 Å². The van der Waals surface area contributed by atoms with E-state index in [1.165, 1.54) is 19.3 Å². The number of methoxy groups -OCH3 is 1. The molecule has 0 aliphatic rings. The minimum absolute atomic E-state index is 0.115.